The van der Waals surface area contributed by atoms with Crippen LogP contribution >= 0.6 is 0 Å². The number of nitrogens with zero attached hydrogens (tertiary/aromatic N) is 2. The lowest BCUT2D eigenvalue weighted by atomic mass is 9.61. The summed E-state index contributed by atoms with van der Waals surface area (Å²) in [6.07, 6.45) is 8.83. The zero-order valence-electron chi connectivity index (χ0n) is 43.7. The van der Waals surface area contributed by atoms with Crippen molar-refractivity contribution in [1.29, 1.82) is 0 Å². The van der Waals surface area contributed by atoms with Gasteiger partial charge in [0.25, 0.3) is 0 Å². The van der Waals surface area contributed by atoms with Crippen LogP contribution in [0.1, 0.15) is 62.9 Å². The van der Waals surface area contributed by atoms with E-state index in [0.29, 0.717) is 0 Å². The maximum atomic E-state index is 6.74. The Bertz CT molecular complexity index is 4450. The zero-order chi connectivity index (χ0) is 52.5. The number of benzene rings is 12. The lowest BCUT2D eigenvalue weighted by Crippen LogP contribution is -2.39. The summed E-state index contributed by atoms with van der Waals surface area (Å²) < 4.78 is 13.5. The summed E-state index contributed by atoms with van der Waals surface area (Å²) >= 11 is 0. The first kappa shape index (κ1) is 44.9. The highest BCUT2D eigenvalue weighted by molar-refractivity contribution is 6.20. The highest BCUT2D eigenvalue weighted by Crippen LogP contribution is 2.65. The maximum absolute atomic E-state index is 6.74. The highest BCUT2D eigenvalue weighted by Gasteiger charge is 2.53. The van der Waals surface area contributed by atoms with Crippen LogP contribution in [0.5, 0.6) is 23.0 Å². The Morgan fingerprint density at radius 1 is 0.312 bits per heavy atom. The summed E-state index contributed by atoms with van der Waals surface area (Å²) in [6, 6.07) is 96.1. The molecule has 1 aliphatic carbocycles. The standard InChI is InChI=1S/C76H50N2O2/c1-3-23-49(24-4-1)73-53-45-43-52(78-67-37-17-9-29-59(67)76(60-30-10-18-38-68(60)78)63-33-13-21-41-71(63)80-72-42-22-14-34-64(72)76)48-56(53)74(50-25-5-2-6-26-50)54-46-44-51(47-55(54)73)77-65-35-15-7-27-57(65)75(58-28-8-16-36-66(58)77)61-31-11-19-39-69(61)79-70-40-20-12-32-62(70)75/h1-5,7-25,27-48H,6,26H2. The molecule has 2 spiro atoms. The van der Waals surface area contributed by atoms with Crippen LogP contribution in [-0.2, 0) is 10.8 Å². The van der Waals surface area contributed by atoms with Gasteiger partial charge < -0.3 is 19.3 Å². The van der Waals surface area contributed by atoms with Crippen molar-refractivity contribution in [1.82, 2.24) is 0 Å². The molecular weight excluding hydrogens is 973 g/mol. The van der Waals surface area contributed by atoms with E-state index in [1.165, 1.54) is 66.1 Å². The van der Waals surface area contributed by atoms with Gasteiger partial charge in [0.2, 0.25) is 0 Å². The monoisotopic (exact) mass is 1020 g/mol. The second kappa shape index (κ2) is 17.2. The van der Waals surface area contributed by atoms with Gasteiger partial charge in [0.15, 0.2) is 0 Å². The molecule has 0 aromatic heterocycles. The van der Waals surface area contributed by atoms with Crippen molar-refractivity contribution in [3.05, 3.63) is 329 Å². The minimum atomic E-state index is -0.626. The van der Waals surface area contributed by atoms with Gasteiger partial charge in [-0.05, 0) is 152 Å². The summed E-state index contributed by atoms with van der Waals surface area (Å²) in [5.41, 5.74) is 20.0. The van der Waals surface area contributed by atoms with Gasteiger partial charge in [0, 0.05) is 33.6 Å². The molecule has 0 N–H and O–H groups in total. The van der Waals surface area contributed by atoms with E-state index >= 15 is 0 Å². The van der Waals surface area contributed by atoms with Crippen molar-refractivity contribution in [2.24, 2.45) is 0 Å². The molecular formula is C76H50N2O2. The van der Waals surface area contributed by atoms with Gasteiger partial charge in [-0.15, -0.1) is 0 Å². The first-order chi connectivity index (χ1) is 39.7. The molecule has 0 atom stereocenters. The number of para-hydroxylation sites is 8. The Kier molecular flexibility index (Phi) is 9.64. The fourth-order valence-electron chi connectivity index (χ4n) is 14.8. The number of ether oxygens (including phenoxy) is 2. The lowest BCUT2D eigenvalue weighted by Gasteiger charge is -2.48. The van der Waals surface area contributed by atoms with Crippen molar-refractivity contribution >= 4 is 61.2 Å². The van der Waals surface area contributed by atoms with Crippen LogP contribution in [0.3, 0.4) is 0 Å². The predicted octanol–water partition coefficient (Wildman–Crippen LogP) is 19.9. The van der Waals surface area contributed by atoms with E-state index in [1.807, 2.05) is 0 Å². The van der Waals surface area contributed by atoms with E-state index in [4.69, 9.17) is 9.47 Å². The number of allylic oxidation sites excluding steroid dienone is 4. The van der Waals surface area contributed by atoms with E-state index in [-0.39, 0.29) is 0 Å². The zero-order valence-corrected chi connectivity index (χ0v) is 43.7. The van der Waals surface area contributed by atoms with Crippen molar-refractivity contribution in [3.63, 3.8) is 0 Å². The van der Waals surface area contributed by atoms with Gasteiger partial charge in [-0.3, -0.25) is 0 Å². The van der Waals surface area contributed by atoms with Gasteiger partial charge in [-0.2, -0.15) is 0 Å². The molecule has 80 heavy (non-hydrogen) atoms. The third-order valence-electron chi connectivity index (χ3n) is 17.8. The van der Waals surface area contributed by atoms with E-state index < -0.39 is 10.8 Å². The Labute approximate surface area is 465 Å². The third-order valence-corrected chi connectivity index (χ3v) is 17.8. The van der Waals surface area contributed by atoms with Crippen molar-refractivity contribution in [2.75, 3.05) is 9.80 Å². The second-order valence-corrected chi connectivity index (χ2v) is 21.7. The number of anilines is 6. The SMILES string of the molecule is C1=CCCC(c2c3cc(N4c5ccccc5C5(c6ccccc6Oc6ccccc65)c5ccccc54)ccc3c(-c3ccccc3)c3cc(N4c5ccccc5C5(c6ccccc6Oc6ccccc65)c5ccccc54)ccc23)=C1. The smallest absolute Gasteiger partial charge is 0.132 e. The van der Waals surface area contributed by atoms with Crippen LogP contribution in [-0.4, -0.2) is 0 Å². The fraction of sp³-hybridized carbons (Fsp3) is 0.0526. The molecule has 4 heteroatoms. The van der Waals surface area contributed by atoms with Crippen molar-refractivity contribution in [3.8, 4) is 34.1 Å². The molecule has 17 rings (SSSR count). The highest BCUT2D eigenvalue weighted by atomic mass is 16.5. The first-order valence-corrected chi connectivity index (χ1v) is 27.9. The largest absolute Gasteiger partial charge is 0.457 e. The van der Waals surface area contributed by atoms with Gasteiger partial charge >= 0.3 is 0 Å². The van der Waals surface area contributed by atoms with Gasteiger partial charge in [-0.25, -0.2) is 0 Å². The van der Waals surface area contributed by atoms with E-state index in [2.05, 4.69) is 289 Å². The van der Waals surface area contributed by atoms with E-state index in [0.717, 1.165) is 92.2 Å². The summed E-state index contributed by atoms with van der Waals surface area (Å²) in [4.78, 5) is 5.02. The van der Waals surface area contributed by atoms with Crippen LogP contribution in [0.25, 0.3) is 38.2 Å². The quantitative estimate of drug-likeness (QED) is 0.164. The maximum Gasteiger partial charge on any atom is 0.132 e. The summed E-state index contributed by atoms with van der Waals surface area (Å²) in [5, 5.41) is 4.89. The molecule has 4 nitrogen and oxygen atoms in total. The summed E-state index contributed by atoms with van der Waals surface area (Å²) in [6.45, 7) is 0. The Hall–Kier alpha value is -10.2. The summed E-state index contributed by atoms with van der Waals surface area (Å²) in [7, 11) is 0. The minimum absolute atomic E-state index is 0.624. The molecule has 0 amide bonds. The number of hydrogen-bond acceptors (Lipinski definition) is 4. The molecule has 0 saturated carbocycles. The van der Waals surface area contributed by atoms with Gasteiger partial charge in [0.05, 0.1) is 33.6 Å². The molecule has 0 bridgehead atoms. The summed E-state index contributed by atoms with van der Waals surface area (Å²) in [5.74, 6) is 3.52. The molecule has 4 aliphatic heterocycles. The van der Waals surface area contributed by atoms with Crippen LogP contribution in [0, 0.1) is 0 Å². The Morgan fingerprint density at radius 3 is 1.06 bits per heavy atom. The van der Waals surface area contributed by atoms with E-state index in [1.54, 1.807) is 0 Å². The molecule has 12 aromatic rings. The van der Waals surface area contributed by atoms with Crippen molar-refractivity contribution in [2.45, 2.75) is 23.7 Å². The third kappa shape index (κ3) is 6.05. The molecule has 0 saturated heterocycles. The van der Waals surface area contributed by atoms with Crippen LogP contribution in [0.4, 0.5) is 34.1 Å². The van der Waals surface area contributed by atoms with Gasteiger partial charge in [0.1, 0.15) is 23.0 Å². The van der Waals surface area contributed by atoms with Crippen molar-refractivity contribution < 1.29 is 9.47 Å². The molecule has 0 fully saturated rings. The number of rotatable bonds is 4. The van der Waals surface area contributed by atoms with E-state index in [9.17, 15) is 0 Å². The average molecular weight is 1020 g/mol. The average Bonchev–Trinajstić information content (AvgIpc) is 3.48. The molecule has 0 radical (unpaired) electrons. The molecule has 5 aliphatic rings. The van der Waals surface area contributed by atoms with Crippen LogP contribution in [0.2, 0.25) is 0 Å². The fourth-order valence-corrected chi connectivity index (χ4v) is 14.8. The minimum Gasteiger partial charge on any atom is -0.457 e. The number of fused-ring (bicyclic) bond motifs is 18. The normalized spacial score (nSPS) is 15.3. The molecule has 0 unspecified atom stereocenters. The predicted molar refractivity (Wildman–Crippen MR) is 326 cm³/mol. The molecule has 12 aromatic carbocycles. The molecule has 4 heterocycles. The number of hydrogen-bond donors (Lipinski definition) is 0. The Balaban J connectivity index is 0.916. The second-order valence-electron chi connectivity index (χ2n) is 21.7. The van der Waals surface area contributed by atoms with Crippen LogP contribution < -0.4 is 19.3 Å². The van der Waals surface area contributed by atoms with Crippen LogP contribution in [0.15, 0.2) is 279 Å². The topological polar surface area (TPSA) is 24.9 Å². The Morgan fingerprint density at radius 2 is 0.662 bits per heavy atom. The first-order valence-electron chi connectivity index (χ1n) is 27.9. The lowest BCUT2D eigenvalue weighted by molar-refractivity contribution is 0.434. The van der Waals surface area contributed by atoms with Gasteiger partial charge in [-0.1, -0.05) is 206 Å². The molecule has 376 valence electrons.